The summed E-state index contributed by atoms with van der Waals surface area (Å²) in [5.41, 5.74) is 8.21. The maximum atomic E-state index is 12.2. The number of aromatic nitrogens is 1. The van der Waals surface area contributed by atoms with Crippen LogP contribution in [0.25, 0.3) is 33.2 Å². The summed E-state index contributed by atoms with van der Waals surface area (Å²) in [5.74, 6) is 1.06. The highest BCUT2D eigenvalue weighted by Crippen LogP contribution is 2.48. The van der Waals surface area contributed by atoms with Crippen molar-refractivity contribution in [3.05, 3.63) is 139 Å². The van der Waals surface area contributed by atoms with Crippen molar-refractivity contribution >= 4 is 10.9 Å². The topological polar surface area (TPSA) is 33.1 Å². The highest BCUT2D eigenvalue weighted by Gasteiger charge is 2.54. The van der Waals surface area contributed by atoms with E-state index in [2.05, 4.69) is 103 Å². The summed E-state index contributed by atoms with van der Waals surface area (Å²) in [6.07, 6.45) is 5.67. The van der Waals surface area contributed by atoms with Crippen LogP contribution in [0.2, 0.25) is 0 Å². The fourth-order valence-electron chi connectivity index (χ4n) is 7.71. The van der Waals surface area contributed by atoms with Crippen molar-refractivity contribution in [3.8, 4) is 22.3 Å². The lowest BCUT2D eigenvalue weighted by Crippen LogP contribution is -2.67. The molecule has 0 unspecified atom stereocenters. The molecule has 8 rings (SSSR count). The molecule has 5 aromatic rings. The van der Waals surface area contributed by atoms with E-state index >= 15 is 0 Å². The van der Waals surface area contributed by atoms with Crippen LogP contribution in [0.3, 0.4) is 0 Å². The maximum absolute atomic E-state index is 12.2. The van der Waals surface area contributed by atoms with Crippen molar-refractivity contribution in [2.75, 3.05) is 13.1 Å². The third-order valence-electron chi connectivity index (χ3n) is 9.75. The zero-order valence-corrected chi connectivity index (χ0v) is 23.4. The van der Waals surface area contributed by atoms with Gasteiger partial charge in [-0.25, -0.2) is 0 Å². The second-order valence-electron chi connectivity index (χ2n) is 12.0. The number of hydrogen-bond donors (Lipinski definition) is 1. The predicted octanol–water partition coefficient (Wildman–Crippen LogP) is 8.21. The lowest BCUT2D eigenvalue weighted by Gasteiger charge is -2.58. The predicted molar refractivity (Wildman–Crippen MR) is 168 cm³/mol. The van der Waals surface area contributed by atoms with E-state index in [-0.39, 0.29) is 6.04 Å². The van der Waals surface area contributed by atoms with E-state index in [4.69, 9.17) is 0 Å². The van der Waals surface area contributed by atoms with Gasteiger partial charge in [0.05, 0.1) is 18.6 Å². The third-order valence-corrected chi connectivity index (χ3v) is 9.75. The van der Waals surface area contributed by atoms with Gasteiger partial charge in [0.25, 0.3) is 0 Å². The van der Waals surface area contributed by atoms with Crippen molar-refractivity contribution in [2.45, 2.75) is 31.5 Å². The van der Waals surface area contributed by atoms with Crippen molar-refractivity contribution in [2.24, 2.45) is 11.8 Å². The van der Waals surface area contributed by atoms with E-state index in [0.717, 1.165) is 47.0 Å². The minimum absolute atomic E-state index is 0.122. The molecule has 0 radical (unpaired) electrons. The lowest BCUT2D eigenvalue weighted by molar-refractivity contribution is -0.984. The number of hydrogen-bond acceptors (Lipinski definition) is 2. The highest BCUT2D eigenvalue weighted by molar-refractivity contribution is 5.82. The van der Waals surface area contributed by atoms with E-state index in [1.807, 2.05) is 30.5 Å². The van der Waals surface area contributed by atoms with E-state index < -0.39 is 6.10 Å². The van der Waals surface area contributed by atoms with Gasteiger partial charge in [0.2, 0.25) is 0 Å². The number of quaternary nitrogens is 1. The summed E-state index contributed by atoms with van der Waals surface area (Å²) >= 11 is 0. The number of piperidine rings is 3. The highest BCUT2D eigenvalue weighted by atomic mass is 16.3. The van der Waals surface area contributed by atoms with Gasteiger partial charge in [0.1, 0.15) is 18.7 Å². The van der Waals surface area contributed by atoms with E-state index in [1.165, 1.54) is 34.2 Å². The summed E-state index contributed by atoms with van der Waals surface area (Å²) in [7, 11) is 0. The van der Waals surface area contributed by atoms with Gasteiger partial charge in [-0.1, -0.05) is 84.9 Å². The van der Waals surface area contributed by atoms with Gasteiger partial charge in [0.15, 0.2) is 0 Å². The fraction of sp³-hybridized carbons (Fsp3) is 0.237. The van der Waals surface area contributed by atoms with Crippen molar-refractivity contribution in [1.82, 2.24) is 4.98 Å². The monoisotopic (exact) mass is 537 g/mol. The Balaban J connectivity index is 1.32. The first kappa shape index (κ1) is 25.9. The molecule has 0 amide bonds. The minimum Gasteiger partial charge on any atom is -0.382 e. The molecule has 1 N–H and O–H groups in total. The first-order chi connectivity index (χ1) is 20.1. The van der Waals surface area contributed by atoms with Gasteiger partial charge in [-0.2, -0.15) is 0 Å². The molecular formula is C38H37N2O+. The quantitative estimate of drug-likeness (QED) is 0.168. The normalized spacial score (nSPS) is 24.3. The zero-order valence-electron chi connectivity index (χ0n) is 23.4. The van der Waals surface area contributed by atoms with Gasteiger partial charge in [-0.05, 0) is 64.1 Å². The second kappa shape index (κ2) is 10.7. The number of aliphatic hydroxyl groups is 1. The second-order valence-corrected chi connectivity index (χ2v) is 12.0. The minimum atomic E-state index is -0.553. The molecule has 4 heterocycles. The summed E-state index contributed by atoms with van der Waals surface area (Å²) < 4.78 is 0.886. The SMILES string of the molecule is C=C[C@H]1C[N@+]2(Cc3cc(-c4ccccc4)cc(-c4ccccc4)c3)CC[C@H]1C[C@H]2[C@H](O)c1ccnc2ccccc12. The first-order valence-electron chi connectivity index (χ1n) is 14.9. The van der Waals surface area contributed by atoms with Crippen LogP contribution in [0.4, 0.5) is 0 Å². The molecule has 204 valence electrons. The van der Waals surface area contributed by atoms with E-state index in [9.17, 15) is 5.11 Å². The largest absolute Gasteiger partial charge is 0.382 e. The molecule has 1 aromatic heterocycles. The van der Waals surface area contributed by atoms with Crippen molar-refractivity contribution < 1.29 is 9.59 Å². The first-order valence-corrected chi connectivity index (χ1v) is 14.9. The number of nitrogens with zero attached hydrogens (tertiary/aromatic N) is 2. The molecule has 3 aliphatic heterocycles. The Morgan fingerprint density at radius 2 is 1.49 bits per heavy atom. The Morgan fingerprint density at radius 1 is 0.829 bits per heavy atom. The molecule has 3 saturated heterocycles. The molecular weight excluding hydrogens is 500 g/mol. The molecule has 2 bridgehead atoms. The van der Waals surface area contributed by atoms with Crippen LogP contribution in [-0.2, 0) is 6.54 Å². The van der Waals surface area contributed by atoms with Crippen LogP contribution in [-0.4, -0.2) is 33.7 Å². The molecule has 41 heavy (non-hydrogen) atoms. The third kappa shape index (κ3) is 4.80. The van der Waals surface area contributed by atoms with Crippen molar-refractivity contribution in [3.63, 3.8) is 0 Å². The number of aliphatic hydroxyl groups excluding tert-OH is 1. The fourth-order valence-corrected chi connectivity index (χ4v) is 7.71. The smallest absolute Gasteiger partial charge is 0.131 e. The number of pyridine rings is 1. The Bertz CT molecular complexity index is 1620. The average Bonchev–Trinajstić information content (AvgIpc) is 3.04. The molecule has 3 nitrogen and oxygen atoms in total. The molecule has 0 saturated carbocycles. The van der Waals surface area contributed by atoms with Crippen molar-refractivity contribution in [1.29, 1.82) is 0 Å². The average molecular weight is 538 g/mol. The summed E-state index contributed by atoms with van der Waals surface area (Å²) in [6, 6.07) is 38.8. The van der Waals surface area contributed by atoms with E-state index in [1.54, 1.807) is 0 Å². The van der Waals surface area contributed by atoms with Gasteiger partial charge in [-0.15, -0.1) is 6.58 Å². The van der Waals surface area contributed by atoms with Gasteiger partial charge in [0, 0.05) is 35.9 Å². The molecule has 3 heteroatoms. The Kier molecular flexibility index (Phi) is 6.78. The summed E-state index contributed by atoms with van der Waals surface area (Å²) in [4.78, 5) is 4.58. The zero-order chi connectivity index (χ0) is 27.8. The number of para-hydroxylation sites is 1. The number of fused-ring (bicyclic) bond motifs is 4. The summed E-state index contributed by atoms with van der Waals surface area (Å²) in [6.45, 7) is 7.23. The van der Waals surface area contributed by atoms with Crippen LogP contribution in [0, 0.1) is 11.8 Å². The number of rotatable bonds is 7. The molecule has 0 aliphatic carbocycles. The molecule has 0 spiro atoms. The van der Waals surface area contributed by atoms with Gasteiger partial charge in [-0.3, -0.25) is 4.98 Å². The Labute approximate surface area is 243 Å². The van der Waals surface area contributed by atoms with Gasteiger partial charge < -0.3 is 9.59 Å². The van der Waals surface area contributed by atoms with Crippen LogP contribution in [0.15, 0.2) is 128 Å². The lowest BCUT2D eigenvalue weighted by atomic mass is 9.71. The van der Waals surface area contributed by atoms with Crippen LogP contribution < -0.4 is 0 Å². The van der Waals surface area contributed by atoms with Crippen LogP contribution in [0.5, 0.6) is 0 Å². The maximum Gasteiger partial charge on any atom is 0.131 e. The Morgan fingerprint density at radius 3 is 2.17 bits per heavy atom. The number of benzene rings is 4. The van der Waals surface area contributed by atoms with Crippen LogP contribution >= 0.6 is 0 Å². The van der Waals surface area contributed by atoms with Gasteiger partial charge >= 0.3 is 0 Å². The molecule has 3 aliphatic rings. The summed E-state index contributed by atoms with van der Waals surface area (Å²) in [5, 5.41) is 13.2. The molecule has 4 aromatic carbocycles. The molecule has 5 atom stereocenters. The standard InChI is InChI=1S/C38H37N2O/c1-2-28-26-40(20-18-31(28)24-37(40)38(41)35-17-19-39-36-16-10-9-15-34(35)36)25-27-21-32(29-11-5-3-6-12-29)23-33(22-27)30-13-7-4-8-14-30/h2-17,19,21-23,28,31,37-38,41H,1,18,20,24-26H2/q+1/t28-,31-,37-,38+,40+/m0/s1. The van der Waals surface area contributed by atoms with Crippen LogP contribution in [0.1, 0.15) is 30.1 Å². The Hall–Kier alpha value is -4.05. The molecule has 3 fully saturated rings. The van der Waals surface area contributed by atoms with E-state index in [0.29, 0.717) is 11.8 Å².